The smallest absolute Gasteiger partial charge is 0.358 e. The van der Waals surface area contributed by atoms with Crippen molar-refractivity contribution in [2.24, 2.45) is 0 Å². The Bertz CT molecular complexity index is 720. The zero-order valence-electron chi connectivity index (χ0n) is 13.4. The first kappa shape index (κ1) is 16.4. The fraction of sp³-hybridized carbons (Fsp3) is 0.353. The summed E-state index contributed by atoms with van der Waals surface area (Å²) in [5.41, 5.74) is 1.12. The number of hydrogen-bond acceptors (Lipinski definition) is 6. The van der Waals surface area contributed by atoms with Gasteiger partial charge in [-0.15, -0.1) is 11.3 Å². The maximum absolute atomic E-state index is 12.0. The van der Waals surface area contributed by atoms with E-state index in [1.54, 1.807) is 17.4 Å². The van der Waals surface area contributed by atoms with E-state index in [2.05, 4.69) is 4.98 Å². The van der Waals surface area contributed by atoms with Crippen LogP contribution in [-0.4, -0.2) is 48.6 Å². The third kappa shape index (κ3) is 3.73. The zero-order valence-corrected chi connectivity index (χ0v) is 14.2. The molecule has 0 bridgehead atoms. The molecular formula is C17H18N2O4S. The van der Waals surface area contributed by atoms with Crippen LogP contribution < -0.4 is 4.74 Å². The molecule has 3 rings (SSSR count). The molecule has 6 nitrogen and oxygen atoms in total. The number of carbonyl (C=O) groups excluding carboxylic acids is 2. The Morgan fingerprint density at radius 3 is 2.58 bits per heavy atom. The topological polar surface area (TPSA) is 68.7 Å². The van der Waals surface area contributed by atoms with E-state index in [0.29, 0.717) is 0 Å². The first-order valence-electron chi connectivity index (χ1n) is 7.72. The number of thiazole rings is 1. The van der Waals surface area contributed by atoms with E-state index in [9.17, 15) is 9.59 Å². The quantitative estimate of drug-likeness (QED) is 0.779. The number of hydrogen-bond donors (Lipinski definition) is 0. The number of amides is 1. The Labute approximate surface area is 144 Å². The van der Waals surface area contributed by atoms with E-state index < -0.39 is 5.97 Å². The molecule has 1 aliphatic rings. The lowest BCUT2D eigenvalue weighted by Gasteiger charge is -2.14. The first-order valence-corrected chi connectivity index (χ1v) is 8.60. The molecule has 2 aromatic rings. The lowest BCUT2D eigenvalue weighted by atomic mass is 10.2. The molecule has 1 aromatic carbocycles. The number of carbonyl (C=O) groups is 2. The number of ether oxygens (including phenoxy) is 2. The molecule has 0 saturated carbocycles. The van der Waals surface area contributed by atoms with Crippen LogP contribution in [0.2, 0.25) is 0 Å². The molecule has 1 aromatic heterocycles. The summed E-state index contributed by atoms with van der Waals surface area (Å²) in [7, 11) is 1.61. The van der Waals surface area contributed by atoms with Gasteiger partial charge >= 0.3 is 5.97 Å². The highest BCUT2D eigenvalue weighted by Gasteiger charge is 2.20. The van der Waals surface area contributed by atoms with E-state index >= 15 is 0 Å². The summed E-state index contributed by atoms with van der Waals surface area (Å²) in [6, 6.07) is 7.43. The average Bonchev–Trinajstić information content (AvgIpc) is 3.31. The molecule has 2 heterocycles. The number of aromatic nitrogens is 1. The molecule has 1 aliphatic heterocycles. The minimum absolute atomic E-state index is 0.147. The lowest BCUT2D eigenvalue weighted by Crippen LogP contribution is -2.32. The molecule has 1 amide bonds. The van der Waals surface area contributed by atoms with Gasteiger partial charge in [0.1, 0.15) is 10.8 Å². The van der Waals surface area contributed by atoms with Crippen LogP contribution in [0.15, 0.2) is 29.6 Å². The number of nitrogens with zero attached hydrogens (tertiary/aromatic N) is 2. The molecule has 0 unspecified atom stereocenters. The average molecular weight is 346 g/mol. The van der Waals surface area contributed by atoms with Crippen LogP contribution in [0, 0.1) is 0 Å². The van der Waals surface area contributed by atoms with Crippen molar-refractivity contribution in [3.63, 3.8) is 0 Å². The van der Waals surface area contributed by atoms with Crippen LogP contribution in [0.5, 0.6) is 5.75 Å². The van der Waals surface area contributed by atoms with Crippen LogP contribution >= 0.6 is 11.3 Å². The summed E-state index contributed by atoms with van der Waals surface area (Å²) < 4.78 is 10.2. The van der Waals surface area contributed by atoms with Gasteiger partial charge in [-0.05, 0) is 37.1 Å². The maximum atomic E-state index is 12.0. The second-order valence-electron chi connectivity index (χ2n) is 5.43. The van der Waals surface area contributed by atoms with Crippen molar-refractivity contribution in [3.05, 3.63) is 35.3 Å². The Kier molecular flexibility index (Phi) is 5.10. The van der Waals surface area contributed by atoms with E-state index in [1.807, 2.05) is 24.3 Å². The molecule has 24 heavy (non-hydrogen) atoms. The summed E-state index contributed by atoms with van der Waals surface area (Å²) in [5, 5.41) is 2.36. The minimum Gasteiger partial charge on any atom is -0.497 e. The Morgan fingerprint density at radius 1 is 1.21 bits per heavy atom. The van der Waals surface area contributed by atoms with Crippen LogP contribution in [0.3, 0.4) is 0 Å². The van der Waals surface area contributed by atoms with Crippen molar-refractivity contribution in [1.82, 2.24) is 9.88 Å². The molecular weight excluding hydrogens is 328 g/mol. The van der Waals surface area contributed by atoms with Gasteiger partial charge in [0.05, 0.1) is 7.11 Å². The van der Waals surface area contributed by atoms with Crippen LogP contribution in [0.4, 0.5) is 0 Å². The second kappa shape index (κ2) is 7.44. The fourth-order valence-corrected chi connectivity index (χ4v) is 3.29. The molecule has 1 saturated heterocycles. The van der Waals surface area contributed by atoms with Crippen LogP contribution in [-0.2, 0) is 9.53 Å². The highest BCUT2D eigenvalue weighted by Crippen LogP contribution is 2.26. The van der Waals surface area contributed by atoms with E-state index in [1.165, 1.54) is 11.3 Å². The summed E-state index contributed by atoms with van der Waals surface area (Å²) >= 11 is 1.36. The van der Waals surface area contributed by atoms with E-state index in [0.717, 1.165) is 42.3 Å². The van der Waals surface area contributed by atoms with Crippen molar-refractivity contribution in [3.8, 4) is 16.3 Å². The molecule has 126 valence electrons. The summed E-state index contributed by atoms with van der Waals surface area (Å²) in [6.45, 7) is 1.26. The van der Waals surface area contributed by atoms with Gasteiger partial charge in [0.25, 0.3) is 5.91 Å². The maximum Gasteiger partial charge on any atom is 0.358 e. The highest BCUT2D eigenvalue weighted by molar-refractivity contribution is 7.13. The summed E-state index contributed by atoms with van der Waals surface area (Å²) in [4.78, 5) is 29.9. The molecule has 7 heteroatoms. The summed E-state index contributed by atoms with van der Waals surface area (Å²) in [5.74, 6) is 0.0420. The highest BCUT2D eigenvalue weighted by atomic mass is 32.1. The first-order chi connectivity index (χ1) is 11.7. The minimum atomic E-state index is -0.571. The largest absolute Gasteiger partial charge is 0.497 e. The molecule has 0 aliphatic carbocycles. The van der Waals surface area contributed by atoms with Crippen molar-refractivity contribution in [2.75, 3.05) is 26.8 Å². The Morgan fingerprint density at radius 2 is 1.92 bits per heavy atom. The number of benzene rings is 1. The van der Waals surface area contributed by atoms with Gasteiger partial charge in [-0.1, -0.05) is 0 Å². The normalized spacial score (nSPS) is 13.8. The molecule has 0 spiro atoms. The van der Waals surface area contributed by atoms with Crippen molar-refractivity contribution >= 4 is 23.2 Å². The number of esters is 1. The monoisotopic (exact) mass is 346 g/mol. The van der Waals surface area contributed by atoms with Gasteiger partial charge in [0.2, 0.25) is 0 Å². The number of methoxy groups -OCH3 is 1. The predicted octanol–water partition coefficient (Wildman–Crippen LogP) is 2.60. The van der Waals surface area contributed by atoms with Crippen LogP contribution in [0.25, 0.3) is 10.6 Å². The molecule has 0 N–H and O–H groups in total. The lowest BCUT2D eigenvalue weighted by molar-refractivity contribution is -0.133. The fourth-order valence-electron chi connectivity index (χ4n) is 2.49. The van der Waals surface area contributed by atoms with Gasteiger partial charge in [0.15, 0.2) is 12.3 Å². The van der Waals surface area contributed by atoms with Crippen molar-refractivity contribution in [2.45, 2.75) is 12.8 Å². The molecule has 0 radical (unpaired) electrons. The van der Waals surface area contributed by atoms with E-state index in [-0.39, 0.29) is 18.2 Å². The third-order valence-electron chi connectivity index (χ3n) is 3.84. The second-order valence-corrected chi connectivity index (χ2v) is 6.29. The SMILES string of the molecule is COc1ccc(-c2nc(C(=O)OCC(=O)N3CCCC3)cs2)cc1. The predicted molar refractivity (Wildman–Crippen MR) is 90.2 cm³/mol. The summed E-state index contributed by atoms with van der Waals surface area (Å²) in [6.07, 6.45) is 2.02. The third-order valence-corrected chi connectivity index (χ3v) is 4.73. The van der Waals surface area contributed by atoms with Gasteiger partial charge in [-0.2, -0.15) is 0 Å². The Hall–Kier alpha value is -2.41. The van der Waals surface area contributed by atoms with Gasteiger partial charge in [-0.3, -0.25) is 4.79 Å². The zero-order chi connectivity index (χ0) is 16.9. The van der Waals surface area contributed by atoms with Crippen molar-refractivity contribution < 1.29 is 19.1 Å². The standard InChI is InChI=1S/C17H18N2O4S/c1-22-13-6-4-12(5-7-13)16-18-14(11-24-16)17(21)23-10-15(20)19-8-2-3-9-19/h4-7,11H,2-3,8-10H2,1H3. The molecule has 0 atom stereocenters. The number of rotatable bonds is 5. The number of likely N-dealkylation sites (tertiary alicyclic amines) is 1. The molecule has 1 fully saturated rings. The van der Waals surface area contributed by atoms with Gasteiger partial charge in [0, 0.05) is 24.0 Å². The van der Waals surface area contributed by atoms with E-state index in [4.69, 9.17) is 9.47 Å². The van der Waals surface area contributed by atoms with Crippen LogP contribution in [0.1, 0.15) is 23.3 Å². The van der Waals surface area contributed by atoms with Gasteiger partial charge < -0.3 is 14.4 Å². The Balaban J connectivity index is 1.59. The van der Waals surface area contributed by atoms with Gasteiger partial charge in [-0.25, -0.2) is 9.78 Å². The van der Waals surface area contributed by atoms with Crippen molar-refractivity contribution in [1.29, 1.82) is 0 Å².